The highest BCUT2D eigenvalue weighted by Gasteiger charge is 2.02. The predicted octanol–water partition coefficient (Wildman–Crippen LogP) is 3.19. The summed E-state index contributed by atoms with van der Waals surface area (Å²) >= 11 is 0. The second-order valence-corrected chi connectivity index (χ2v) is 5.07. The number of ether oxygens (including phenoxy) is 2. The molecule has 2 aromatic carbocycles. The van der Waals surface area contributed by atoms with Crippen molar-refractivity contribution in [1.29, 1.82) is 0 Å². The number of nitrogens with zero attached hydrogens (tertiary/aromatic N) is 4. The van der Waals surface area contributed by atoms with Crippen LogP contribution in [0.4, 0.5) is 0 Å². The zero-order valence-corrected chi connectivity index (χ0v) is 15.6. The van der Waals surface area contributed by atoms with Crippen LogP contribution >= 0.6 is 0 Å². The SMILES string of the molecule is COc1ccc(-c2ncon2)cc1.COc1ccc(-c2ncon2)cc1.O=CO. The van der Waals surface area contributed by atoms with Crippen LogP contribution in [0.5, 0.6) is 11.5 Å². The number of carboxylic acid groups (broad SMARTS) is 1. The van der Waals surface area contributed by atoms with Crippen LogP contribution in [-0.4, -0.2) is 46.1 Å². The molecular formula is C19H18N4O6. The van der Waals surface area contributed by atoms with Crippen LogP contribution in [0.2, 0.25) is 0 Å². The number of aromatic nitrogens is 4. The molecule has 10 heteroatoms. The van der Waals surface area contributed by atoms with Crippen molar-refractivity contribution in [3.8, 4) is 34.3 Å². The van der Waals surface area contributed by atoms with Crippen LogP contribution in [0, 0.1) is 0 Å². The summed E-state index contributed by atoms with van der Waals surface area (Å²) in [7, 11) is 3.26. The van der Waals surface area contributed by atoms with Crippen LogP contribution in [0.3, 0.4) is 0 Å². The first-order valence-electron chi connectivity index (χ1n) is 8.11. The smallest absolute Gasteiger partial charge is 0.290 e. The maximum absolute atomic E-state index is 8.36. The van der Waals surface area contributed by atoms with Gasteiger partial charge in [-0.2, -0.15) is 9.97 Å². The fourth-order valence-electron chi connectivity index (χ4n) is 2.08. The summed E-state index contributed by atoms with van der Waals surface area (Å²) in [6.45, 7) is -0.250. The largest absolute Gasteiger partial charge is 0.497 e. The lowest BCUT2D eigenvalue weighted by Gasteiger charge is -1.98. The zero-order chi connectivity index (χ0) is 20.9. The Morgan fingerprint density at radius 2 is 1.10 bits per heavy atom. The summed E-state index contributed by atoms with van der Waals surface area (Å²) in [6.07, 6.45) is 2.61. The lowest BCUT2D eigenvalue weighted by atomic mass is 10.2. The van der Waals surface area contributed by atoms with E-state index in [0.29, 0.717) is 11.6 Å². The van der Waals surface area contributed by atoms with Crippen LogP contribution < -0.4 is 9.47 Å². The van der Waals surface area contributed by atoms with E-state index in [1.165, 1.54) is 12.8 Å². The van der Waals surface area contributed by atoms with Gasteiger partial charge in [-0.25, -0.2) is 0 Å². The van der Waals surface area contributed by atoms with E-state index >= 15 is 0 Å². The number of rotatable bonds is 4. The van der Waals surface area contributed by atoms with Gasteiger partial charge in [0.05, 0.1) is 14.2 Å². The number of hydrogen-bond donors (Lipinski definition) is 1. The average Bonchev–Trinajstić information content (AvgIpc) is 3.49. The molecule has 0 amide bonds. The second-order valence-electron chi connectivity index (χ2n) is 5.07. The highest BCUT2D eigenvalue weighted by Crippen LogP contribution is 2.19. The van der Waals surface area contributed by atoms with Gasteiger partial charge in [0.15, 0.2) is 0 Å². The second kappa shape index (κ2) is 11.5. The molecule has 0 unspecified atom stereocenters. The van der Waals surface area contributed by atoms with Crippen LogP contribution in [0.15, 0.2) is 70.4 Å². The Hall–Kier alpha value is -4.21. The molecule has 0 aliphatic rings. The maximum atomic E-state index is 8.36. The normalized spacial score (nSPS) is 9.31. The number of methoxy groups -OCH3 is 2. The standard InChI is InChI=1S/2C9H8N2O2.CH2O2/c2*1-12-8-4-2-7(3-5-8)9-10-6-13-11-9;2-1-3/h2*2-6H,1H3;1H,(H,2,3). The molecule has 2 aromatic heterocycles. The molecule has 10 nitrogen and oxygen atoms in total. The first-order chi connectivity index (χ1) is 14.2. The summed E-state index contributed by atoms with van der Waals surface area (Å²) in [6, 6.07) is 14.9. The Balaban J connectivity index is 0.000000183. The molecule has 0 atom stereocenters. The van der Waals surface area contributed by atoms with Crippen molar-refractivity contribution in [2.24, 2.45) is 0 Å². The van der Waals surface area contributed by atoms with Gasteiger partial charge in [0.2, 0.25) is 24.4 Å². The van der Waals surface area contributed by atoms with Crippen LogP contribution in [0.25, 0.3) is 22.8 Å². The van der Waals surface area contributed by atoms with Crippen molar-refractivity contribution >= 4 is 6.47 Å². The highest BCUT2D eigenvalue weighted by atomic mass is 16.5. The first-order valence-corrected chi connectivity index (χ1v) is 8.11. The Kier molecular flexibility index (Phi) is 8.36. The topological polar surface area (TPSA) is 134 Å². The van der Waals surface area contributed by atoms with Gasteiger partial charge in [-0.05, 0) is 48.5 Å². The van der Waals surface area contributed by atoms with Crippen LogP contribution in [0.1, 0.15) is 0 Å². The molecule has 1 N–H and O–H groups in total. The van der Waals surface area contributed by atoms with E-state index in [-0.39, 0.29) is 6.47 Å². The van der Waals surface area contributed by atoms with E-state index in [1.54, 1.807) is 14.2 Å². The van der Waals surface area contributed by atoms with Gasteiger partial charge in [0.1, 0.15) is 11.5 Å². The predicted molar refractivity (Wildman–Crippen MR) is 101 cm³/mol. The molecule has 0 saturated carbocycles. The summed E-state index contributed by atoms with van der Waals surface area (Å²) < 4.78 is 19.3. The Morgan fingerprint density at radius 3 is 1.34 bits per heavy atom. The third kappa shape index (κ3) is 6.47. The van der Waals surface area contributed by atoms with Gasteiger partial charge < -0.3 is 23.6 Å². The van der Waals surface area contributed by atoms with Crippen molar-refractivity contribution in [1.82, 2.24) is 20.3 Å². The van der Waals surface area contributed by atoms with Crippen molar-refractivity contribution < 1.29 is 28.4 Å². The van der Waals surface area contributed by atoms with E-state index < -0.39 is 0 Å². The number of hydrogen-bond acceptors (Lipinski definition) is 9. The van der Waals surface area contributed by atoms with Crippen molar-refractivity contribution in [2.45, 2.75) is 0 Å². The summed E-state index contributed by atoms with van der Waals surface area (Å²) in [5.74, 6) is 2.80. The minimum Gasteiger partial charge on any atom is -0.497 e. The third-order valence-corrected chi connectivity index (χ3v) is 3.42. The minimum atomic E-state index is -0.250. The van der Waals surface area contributed by atoms with Gasteiger partial charge in [0.25, 0.3) is 6.47 Å². The molecule has 2 heterocycles. The average molecular weight is 398 g/mol. The Morgan fingerprint density at radius 1 is 0.759 bits per heavy atom. The molecule has 4 aromatic rings. The zero-order valence-electron chi connectivity index (χ0n) is 15.6. The van der Waals surface area contributed by atoms with Crippen molar-refractivity contribution in [3.05, 3.63) is 61.3 Å². The maximum Gasteiger partial charge on any atom is 0.290 e. The lowest BCUT2D eigenvalue weighted by Crippen LogP contribution is -1.83. The van der Waals surface area contributed by atoms with Crippen LogP contribution in [-0.2, 0) is 4.79 Å². The van der Waals surface area contributed by atoms with Gasteiger partial charge >= 0.3 is 0 Å². The molecular weight excluding hydrogens is 380 g/mol. The van der Waals surface area contributed by atoms with Crippen molar-refractivity contribution in [2.75, 3.05) is 14.2 Å². The molecule has 0 spiro atoms. The molecule has 4 rings (SSSR count). The van der Waals surface area contributed by atoms with E-state index in [2.05, 4.69) is 29.3 Å². The molecule has 0 radical (unpaired) electrons. The number of carbonyl (C=O) groups is 1. The first kappa shape index (κ1) is 21.1. The van der Waals surface area contributed by atoms with E-state index in [9.17, 15) is 0 Å². The molecule has 0 fully saturated rings. The molecule has 0 saturated heterocycles. The van der Waals surface area contributed by atoms with Gasteiger partial charge in [-0.15, -0.1) is 0 Å². The summed E-state index contributed by atoms with van der Waals surface area (Å²) in [5.41, 5.74) is 1.82. The van der Waals surface area contributed by atoms with E-state index in [1.807, 2.05) is 48.5 Å². The minimum absolute atomic E-state index is 0.250. The highest BCUT2D eigenvalue weighted by molar-refractivity contribution is 5.55. The molecule has 0 aliphatic carbocycles. The van der Waals surface area contributed by atoms with E-state index in [4.69, 9.17) is 19.4 Å². The monoisotopic (exact) mass is 398 g/mol. The molecule has 29 heavy (non-hydrogen) atoms. The quantitative estimate of drug-likeness (QED) is 0.511. The third-order valence-electron chi connectivity index (χ3n) is 3.42. The summed E-state index contributed by atoms with van der Waals surface area (Å²) in [5, 5.41) is 14.3. The lowest BCUT2D eigenvalue weighted by molar-refractivity contribution is -0.122. The number of benzene rings is 2. The molecule has 0 aliphatic heterocycles. The fraction of sp³-hybridized carbons (Fsp3) is 0.105. The van der Waals surface area contributed by atoms with Crippen molar-refractivity contribution in [3.63, 3.8) is 0 Å². The van der Waals surface area contributed by atoms with Gasteiger partial charge in [-0.3, -0.25) is 4.79 Å². The molecule has 150 valence electrons. The van der Waals surface area contributed by atoms with Gasteiger partial charge in [-0.1, -0.05) is 10.3 Å². The summed E-state index contributed by atoms with van der Waals surface area (Å²) in [4.78, 5) is 16.2. The van der Waals surface area contributed by atoms with E-state index in [0.717, 1.165) is 22.6 Å². The Bertz CT molecular complexity index is 862. The van der Waals surface area contributed by atoms with Gasteiger partial charge in [0, 0.05) is 11.1 Å². The Labute approximate surface area is 165 Å². The fourth-order valence-corrected chi connectivity index (χ4v) is 2.08. The molecule has 0 bridgehead atoms.